The first-order valence-corrected chi connectivity index (χ1v) is 7.61. The highest BCUT2D eigenvalue weighted by atomic mass is 35.5. The van der Waals surface area contributed by atoms with Gasteiger partial charge in [0.1, 0.15) is 0 Å². The molecule has 7 heteroatoms. The van der Waals surface area contributed by atoms with Crippen molar-refractivity contribution in [1.82, 2.24) is 10.1 Å². The first-order valence-electron chi connectivity index (χ1n) is 7.23. The second-order valence-electron chi connectivity index (χ2n) is 6.08. The molecule has 2 heterocycles. The minimum atomic E-state index is -0.116. The lowest BCUT2D eigenvalue weighted by molar-refractivity contribution is 0.0766. The molecule has 1 amide bonds. The van der Waals surface area contributed by atoms with Gasteiger partial charge in [0.2, 0.25) is 0 Å². The Hall–Kier alpha value is -1.56. The molecule has 1 aromatic heterocycles. The average Bonchev–Trinajstić information content (AvgIpc) is 3.14. The Balaban J connectivity index is 0.00000192. The first kappa shape index (κ1) is 17.8. The highest BCUT2D eigenvalue weighted by molar-refractivity contribution is 6.30. The van der Waals surface area contributed by atoms with Gasteiger partial charge in [0.05, 0.1) is 0 Å². The van der Waals surface area contributed by atoms with Gasteiger partial charge in [-0.2, -0.15) is 0 Å². The maximum atomic E-state index is 12.5. The molecule has 1 atom stereocenters. The number of nitrogens with two attached hydrogens (primary N) is 1. The van der Waals surface area contributed by atoms with E-state index in [2.05, 4.69) is 12.1 Å². The van der Waals surface area contributed by atoms with Crippen molar-refractivity contribution in [3.63, 3.8) is 0 Å². The lowest BCUT2D eigenvalue weighted by atomic mass is 9.90. The summed E-state index contributed by atoms with van der Waals surface area (Å²) in [5, 5.41) is 4.51. The van der Waals surface area contributed by atoms with Gasteiger partial charge in [-0.25, -0.2) is 0 Å². The number of aromatic nitrogens is 1. The van der Waals surface area contributed by atoms with Gasteiger partial charge in [-0.05, 0) is 30.5 Å². The van der Waals surface area contributed by atoms with Gasteiger partial charge in [0.15, 0.2) is 11.5 Å². The molecule has 0 aliphatic carbocycles. The minimum Gasteiger partial charge on any atom is -0.355 e. The zero-order valence-corrected chi connectivity index (χ0v) is 14.4. The van der Waals surface area contributed by atoms with Crippen LogP contribution in [0.15, 0.2) is 34.9 Å². The van der Waals surface area contributed by atoms with Crippen LogP contribution in [-0.4, -0.2) is 35.6 Å². The zero-order valence-electron chi connectivity index (χ0n) is 12.8. The van der Waals surface area contributed by atoms with Crippen molar-refractivity contribution < 1.29 is 9.32 Å². The van der Waals surface area contributed by atoms with Crippen LogP contribution in [0, 0.1) is 5.41 Å². The summed E-state index contributed by atoms with van der Waals surface area (Å²) in [5.74, 6) is 0.417. The van der Waals surface area contributed by atoms with E-state index in [4.69, 9.17) is 21.9 Å². The van der Waals surface area contributed by atoms with E-state index in [0.29, 0.717) is 36.1 Å². The van der Waals surface area contributed by atoms with E-state index in [9.17, 15) is 4.79 Å². The third kappa shape index (κ3) is 3.68. The summed E-state index contributed by atoms with van der Waals surface area (Å²) in [5.41, 5.74) is 6.89. The van der Waals surface area contributed by atoms with Crippen molar-refractivity contribution in [1.29, 1.82) is 0 Å². The van der Waals surface area contributed by atoms with Crippen molar-refractivity contribution >= 4 is 29.9 Å². The SMILES string of the molecule is CC1(CN)CCN(C(=O)c2cc(-c3cccc(Cl)c3)on2)C1.Cl. The molecule has 23 heavy (non-hydrogen) atoms. The maximum Gasteiger partial charge on any atom is 0.276 e. The molecule has 124 valence electrons. The van der Waals surface area contributed by atoms with Crippen molar-refractivity contribution in [2.75, 3.05) is 19.6 Å². The summed E-state index contributed by atoms with van der Waals surface area (Å²) < 4.78 is 5.28. The fraction of sp³-hybridized carbons (Fsp3) is 0.375. The molecule has 1 aromatic carbocycles. The predicted molar refractivity (Wildman–Crippen MR) is 91.9 cm³/mol. The summed E-state index contributed by atoms with van der Waals surface area (Å²) in [4.78, 5) is 14.3. The number of rotatable bonds is 3. The smallest absolute Gasteiger partial charge is 0.276 e. The number of benzene rings is 1. The van der Waals surface area contributed by atoms with E-state index >= 15 is 0 Å². The lowest BCUT2D eigenvalue weighted by Crippen LogP contribution is -2.34. The zero-order chi connectivity index (χ0) is 15.7. The monoisotopic (exact) mass is 355 g/mol. The van der Waals surface area contributed by atoms with E-state index in [1.807, 2.05) is 12.1 Å². The number of nitrogens with zero attached hydrogens (tertiary/aromatic N) is 2. The predicted octanol–water partition coefficient (Wildman–Crippen LogP) is 3.23. The van der Waals surface area contributed by atoms with Gasteiger partial charge < -0.3 is 15.2 Å². The van der Waals surface area contributed by atoms with Gasteiger partial charge in [0.25, 0.3) is 5.91 Å². The van der Waals surface area contributed by atoms with E-state index < -0.39 is 0 Å². The van der Waals surface area contributed by atoms with Gasteiger partial charge >= 0.3 is 0 Å². The standard InChI is InChI=1S/C16H18ClN3O2.ClH/c1-16(9-18)5-6-20(10-16)15(21)13-8-14(22-19-13)11-3-2-4-12(17)7-11;/h2-4,7-8H,5-6,9-10,18H2,1H3;1H. The minimum absolute atomic E-state index is 0. The average molecular weight is 356 g/mol. The van der Waals surface area contributed by atoms with Crippen LogP contribution >= 0.6 is 24.0 Å². The molecule has 5 nitrogen and oxygen atoms in total. The van der Waals surface area contributed by atoms with E-state index in [1.165, 1.54) is 0 Å². The molecule has 1 aliphatic rings. The van der Waals surface area contributed by atoms with Crippen molar-refractivity contribution in [3.05, 3.63) is 41.0 Å². The Labute approximate surface area is 146 Å². The molecular formula is C16H19Cl2N3O2. The number of hydrogen-bond acceptors (Lipinski definition) is 4. The number of amides is 1. The number of likely N-dealkylation sites (tertiary alicyclic amines) is 1. The van der Waals surface area contributed by atoms with E-state index in [-0.39, 0.29) is 23.7 Å². The quantitative estimate of drug-likeness (QED) is 0.917. The molecule has 2 N–H and O–H groups in total. The van der Waals surface area contributed by atoms with Crippen LogP contribution < -0.4 is 5.73 Å². The third-order valence-electron chi connectivity index (χ3n) is 4.18. The largest absolute Gasteiger partial charge is 0.355 e. The van der Waals surface area contributed by atoms with Crippen molar-refractivity contribution in [2.24, 2.45) is 11.1 Å². The lowest BCUT2D eigenvalue weighted by Gasteiger charge is -2.21. The first-order chi connectivity index (χ1) is 10.5. The Morgan fingerprint density at radius 1 is 1.48 bits per heavy atom. The summed E-state index contributed by atoms with van der Waals surface area (Å²) in [6, 6.07) is 8.91. The number of carbonyl (C=O) groups is 1. The van der Waals surface area contributed by atoms with E-state index in [0.717, 1.165) is 12.0 Å². The van der Waals surface area contributed by atoms with Crippen LogP contribution in [0.1, 0.15) is 23.8 Å². The van der Waals surface area contributed by atoms with Gasteiger partial charge in [-0.15, -0.1) is 12.4 Å². The van der Waals surface area contributed by atoms with Crippen LogP contribution in [-0.2, 0) is 0 Å². The molecule has 1 unspecified atom stereocenters. The molecule has 1 saturated heterocycles. The normalized spacial score (nSPS) is 20.4. The summed E-state index contributed by atoms with van der Waals surface area (Å²) in [7, 11) is 0. The molecule has 3 rings (SSSR count). The number of halogens is 2. The Kier molecular flexibility index (Phi) is 5.34. The second-order valence-corrected chi connectivity index (χ2v) is 6.51. The van der Waals surface area contributed by atoms with Crippen molar-refractivity contribution in [2.45, 2.75) is 13.3 Å². The highest BCUT2D eigenvalue weighted by Crippen LogP contribution is 2.30. The van der Waals surface area contributed by atoms with Crippen LogP contribution in [0.5, 0.6) is 0 Å². The second kappa shape index (κ2) is 6.91. The van der Waals surface area contributed by atoms with Gasteiger partial charge in [0, 0.05) is 29.7 Å². The fourth-order valence-electron chi connectivity index (χ4n) is 2.68. The molecule has 0 radical (unpaired) electrons. The molecule has 0 bridgehead atoms. The van der Waals surface area contributed by atoms with Crippen molar-refractivity contribution in [3.8, 4) is 11.3 Å². The van der Waals surface area contributed by atoms with E-state index in [1.54, 1.807) is 23.1 Å². The summed E-state index contributed by atoms with van der Waals surface area (Å²) in [6.45, 7) is 4.03. The Bertz CT molecular complexity index is 704. The van der Waals surface area contributed by atoms with Crippen LogP contribution in [0.4, 0.5) is 0 Å². The highest BCUT2D eigenvalue weighted by Gasteiger charge is 2.36. The molecule has 0 saturated carbocycles. The van der Waals surface area contributed by atoms with Crippen LogP contribution in [0.25, 0.3) is 11.3 Å². The molecule has 1 aliphatic heterocycles. The van der Waals surface area contributed by atoms with Gasteiger partial charge in [-0.1, -0.05) is 35.8 Å². The van der Waals surface area contributed by atoms with Gasteiger partial charge in [-0.3, -0.25) is 4.79 Å². The topological polar surface area (TPSA) is 72.4 Å². The molecular weight excluding hydrogens is 337 g/mol. The molecule has 0 spiro atoms. The molecule has 2 aromatic rings. The number of carbonyl (C=O) groups excluding carboxylic acids is 1. The Morgan fingerprint density at radius 2 is 2.26 bits per heavy atom. The van der Waals surface area contributed by atoms with Crippen LogP contribution in [0.2, 0.25) is 5.02 Å². The summed E-state index contributed by atoms with van der Waals surface area (Å²) in [6.07, 6.45) is 0.911. The third-order valence-corrected chi connectivity index (χ3v) is 4.41. The summed E-state index contributed by atoms with van der Waals surface area (Å²) >= 11 is 5.97. The molecule has 1 fully saturated rings. The fourth-order valence-corrected chi connectivity index (χ4v) is 2.87. The number of hydrogen-bond donors (Lipinski definition) is 1. The Morgan fingerprint density at radius 3 is 2.91 bits per heavy atom. The van der Waals surface area contributed by atoms with Crippen LogP contribution in [0.3, 0.4) is 0 Å². The maximum absolute atomic E-state index is 12.5.